The number of nitrogens with one attached hydrogen (secondary N) is 1. The molecule has 0 saturated heterocycles. The van der Waals surface area contributed by atoms with E-state index in [1.54, 1.807) is 12.1 Å². The van der Waals surface area contributed by atoms with Crippen LogP contribution in [0, 0.1) is 17.6 Å². The smallest absolute Gasteiger partial charge is 0.341 e. The van der Waals surface area contributed by atoms with Gasteiger partial charge in [0.15, 0.2) is 18.2 Å². The summed E-state index contributed by atoms with van der Waals surface area (Å²) in [5.41, 5.74) is 1.62. The van der Waals surface area contributed by atoms with E-state index in [1.807, 2.05) is 12.1 Å². The molecule has 27 heavy (non-hydrogen) atoms. The van der Waals surface area contributed by atoms with Crippen molar-refractivity contribution in [3.63, 3.8) is 0 Å². The van der Waals surface area contributed by atoms with Gasteiger partial charge in [0.25, 0.3) is 0 Å². The Morgan fingerprint density at radius 2 is 1.85 bits per heavy atom. The minimum absolute atomic E-state index is 0.0641. The molecule has 0 spiro atoms. The molecule has 0 aliphatic heterocycles. The lowest BCUT2D eigenvalue weighted by Crippen LogP contribution is -2.27. The van der Waals surface area contributed by atoms with Crippen molar-refractivity contribution >= 4 is 11.9 Å². The van der Waals surface area contributed by atoms with Gasteiger partial charge in [0.1, 0.15) is 5.75 Å². The summed E-state index contributed by atoms with van der Waals surface area (Å²) in [6.45, 7) is 0.0606. The third-order valence-corrected chi connectivity index (χ3v) is 4.50. The zero-order valence-electron chi connectivity index (χ0n) is 14.5. The molecular formula is C20H19F2NO4. The molecule has 1 amide bonds. The third kappa shape index (κ3) is 5.03. The highest BCUT2D eigenvalue weighted by Crippen LogP contribution is 2.47. The van der Waals surface area contributed by atoms with Crippen LogP contribution in [-0.4, -0.2) is 30.1 Å². The molecule has 7 heteroatoms. The van der Waals surface area contributed by atoms with E-state index in [9.17, 15) is 18.4 Å². The minimum atomic E-state index is -1.04. The van der Waals surface area contributed by atoms with E-state index < -0.39 is 24.2 Å². The van der Waals surface area contributed by atoms with Gasteiger partial charge < -0.3 is 15.2 Å². The number of ether oxygens (including phenoxy) is 1. The molecule has 1 saturated carbocycles. The monoisotopic (exact) mass is 375 g/mol. The fourth-order valence-corrected chi connectivity index (χ4v) is 2.95. The average Bonchev–Trinajstić information content (AvgIpc) is 3.44. The molecule has 2 aromatic rings. The molecule has 0 heterocycles. The molecule has 0 bridgehead atoms. The second kappa shape index (κ2) is 8.16. The Kier molecular flexibility index (Phi) is 5.69. The molecule has 2 N–H and O–H groups in total. The van der Waals surface area contributed by atoms with Crippen molar-refractivity contribution in [1.29, 1.82) is 0 Å². The van der Waals surface area contributed by atoms with E-state index >= 15 is 0 Å². The summed E-state index contributed by atoms with van der Waals surface area (Å²) in [4.78, 5) is 22.6. The standard InChI is InChI=1S/C20H19F2NO4/c21-17-6-3-13(9-18(17)22)15-10-16(15)20(26)23-8-7-12-1-4-14(5-2-12)27-11-19(24)25/h1-6,9,15-16H,7-8,10-11H2,(H,23,26)(H,24,25). The first-order valence-corrected chi connectivity index (χ1v) is 8.60. The molecule has 2 atom stereocenters. The number of rotatable bonds is 8. The zero-order valence-corrected chi connectivity index (χ0v) is 14.5. The van der Waals surface area contributed by atoms with Crippen molar-refractivity contribution in [2.45, 2.75) is 18.8 Å². The van der Waals surface area contributed by atoms with E-state index in [1.165, 1.54) is 6.07 Å². The first-order chi connectivity index (χ1) is 12.9. The quantitative estimate of drug-likeness (QED) is 0.744. The Bertz CT molecular complexity index is 838. The van der Waals surface area contributed by atoms with E-state index in [0.29, 0.717) is 30.7 Å². The molecule has 5 nitrogen and oxygen atoms in total. The molecule has 1 aliphatic carbocycles. The molecule has 0 radical (unpaired) electrons. The maximum Gasteiger partial charge on any atom is 0.341 e. The van der Waals surface area contributed by atoms with Crippen LogP contribution in [0.4, 0.5) is 8.78 Å². The first kappa shape index (κ1) is 18.8. The second-order valence-corrected chi connectivity index (χ2v) is 6.49. The number of carbonyl (C=O) groups is 2. The maximum atomic E-state index is 13.3. The predicted molar refractivity (Wildman–Crippen MR) is 93.5 cm³/mol. The predicted octanol–water partition coefficient (Wildman–Crippen LogP) is 2.89. The van der Waals surface area contributed by atoms with Gasteiger partial charge in [-0.3, -0.25) is 4.79 Å². The fourth-order valence-electron chi connectivity index (χ4n) is 2.95. The Balaban J connectivity index is 1.42. The first-order valence-electron chi connectivity index (χ1n) is 8.60. The SMILES string of the molecule is O=C(O)COc1ccc(CCNC(=O)C2CC2c2ccc(F)c(F)c2)cc1. The van der Waals surface area contributed by atoms with Gasteiger partial charge >= 0.3 is 5.97 Å². The summed E-state index contributed by atoms with van der Waals surface area (Å²) in [7, 11) is 0. The van der Waals surface area contributed by atoms with Crippen LogP contribution in [0.3, 0.4) is 0 Å². The molecule has 1 aliphatic rings. The lowest BCUT2D eigenvalue weighted by molar-refractivity contribution is -0.139. The second-order valence-electron chi connectivity index (χ2n) is 6.49. The van der Waals surface area contributed by atoms with Crippen molar-refractivity contribution in [1.82, 2.24) is 5.32 Å². The van der Waals surface area contributed by atoms with E-state index in [2.05, 4.69) is 5.32 Å². The van der Waals surface area contributed by atoms with Gasteiger partial charge in [-0.25, -0.2) is 13.6 Å². The van der Waals surface area contributed by atoms with Gasteiger partial charge in [-0.15, -0.1) is 0 Å². The number of amides is 1. The van der Waals surface area contributed by atoms with Crippen LogP contribution >= 0.6 is 0 Å². The molecular weight excluding hydrogens is 356 g/mol. The van der Waals surface area contributed by atoms with Gasteiger partial charge in [0.2, 0.25) is 5.91 Å². The van der Waals surface area contributed by atoms with Crippen LogP contribution in [0.25, 0.3) is 0 Å². The van der Waals surface area contributed by atoms with Crippen molar-refractivity contribution in [3.05, 3.63) is 65.2 Å². The largest absolute Gasteiger partial charge is 0.482 e. The topological polar surface area (TPSA) is 75.6 Å². The van der Waals surface area contributed by atoms with Gasteiger partial charge in [-0.1, -0.05) is 18.2 Å². The highest BCUT2D eigenvalue weighted by molar-refractivity contribution is 5.82. The van der Waals surface area contributed by atoms with Crippen molar-refractivity contribution in [3.8, 4) is 5.75 Å². The summed E-state index contributed by atoms with van der Waals surface area (Å²) in [5.74, 6) is -2.71. The number of carbonyl (C=O) groups excluding carboxylic acids is 1. The Hall–Kier alpha value is -2.96. The molecule has 2 aromatic carbocycles. The van der Waals surface area contributed by atoms with Crippen LogP contribution < -0.4 is 10.1 Å². The normalized spacial score (nSPS) is 18.0. The van der Waals surface area contributed by atoms with Crippen LogP contribution in [0.15, 0.2) is 42.5 Å². The third-order valence-electron chi connectivity index (χ3n) is 4.50. The summed E-state index contributed by atoms with van der Waals surface area (Å²) in [6.07, 6.45) is 1.25. The summed E-state index contributed by atoms with van der Waals surface area (Å²) >= 11 is 0. The molecule has 1 fully saturated rings. The molecule has 2 unspecified atom stereocenters. The summed E-state index contributed by atoms with van der Waals surface area (Å²) < 4.78 is 31.3. The van der Waals surface area contributed by atoms with Crippen LogP contribution in [-0.2, 0) is 16.0 Å². The Labute approximate surface area is 155 Å². The molecule has 3 rings (SSSR count). The number of hydrogen-bond donors (Lipinski definition) is 2. The van der Waals surface area contributed by atoms with E-state index in [4.69, 9.17) is 9.84 Å². The highest BCUT2D eigenvalue weighted by Gasteiger charge is 2.43. The number of aliphatic carboxylic acids is 1. The van der Waals surface area contributed by atoms with Crippen LogP contribution in [0.2, 0.25) is 0 Å². The Morgan fingerprint density at radius 3 is 2.52 bits per heavy atom. The number of carboxylic acids is 1. The number of halogens is 2. The van der Waals surface area contributed by atoms with Gasteiger partial charge in [-0.05, 0) is 54.2 Å². The van der Waals surface area contributed by atoms with Crippen molar-refractivity contribution in [2.24, 2.45) is 5.92 Å². The molecule has 142 valence electrons. The van der Waals surface area contributed by atoms with E-state index in [0.717, 1.165) is 17.7 Å². The maximum absolute atomic E-state index is 13.3. The fraction of sp³-hybridized carbons (Fsp3) is 0.300. The van der Waals surface area contributed by atoms with Crippen LogP contribution in [0.1, 0.15) is 23.5 Å². The van der Waals surface area contributed by atoms with Gasteiger partial charge in [0.05, 0.1) is 0 Å². The summed E-state index contributed by atoms with van der Waals surface area (Å²) in [5, 5.41) is 11.4. The number of carboxylic acid groups (broad SMARTS) is 1. The van der Waals surface area contributed by atoms with E-state index in [-0.39, 0.29) is 17.7 Å². The van der Waals surface area contributed by atoms with Crippen molar-refractivity contribution in [2.75, 3.05) is 13.2 Å². The Morgan fingerprint density at radius 1 is 1.11 bits per heavy atom. The lowest BCUT2D eigenvalue weighted by atomic mass is 10.1. The number of hydrogen-bond acceptors (Lipinski definition) is 3. The van der Waals surface area contributed by atoms with Crippen molar-refractivity contribution < 1.29 is 28.2 Å². The van der Waals surface area contributed by atoms with Gasteiger partial charge in [-0.2, -0.15) is 0 Å². The lowest BCUT2D eigenvalue weighted by Gasteiger charge is -2.07. The number of benzene rings is 2. The summed E-state index contributed by atoms with van der Waals surface area (Å²) in [6, 6.07) is 10.7. The minimum Gasteiger partial charge on any atom is -0.482 e. The zero-order chi connectivity index (χ0) is 19.4. The molecule has 0 aromatic heterocycles. The van der Waals surface area contributed by atoms with Crippen LogP contribution in [0.5, 0.6) is 5.75 Å². The van der Waals surface area contributed by atoms with Gasteiger partial charge in [0, 0.05) is 12.5 Å². The highest BCUT2D eigenvalue weighted by atomic mass is 19.2. The average molecular weight is 375 g/mol.